The first-order chi connectivity index (χ1) is 12.8. The molecule has 28 heavy (non-hydrogen) atoms. The lowest BCUT2D eigenvalue weighted by molar-refractivity contribution is -0.146. The molecule has 1 rings (SSSR count). The molecule has 0 bridgehead atoms. The van der Waals surface area contributed by atoms with Crippen LogP contribution in [0.3, 0.4) is 0 Å². The Balaban J connectivity index is 3.42. The second-order valence-corrected chi connectivity index (χ2v) is 9.10. The maximum absolute atomic E-state index is 12.9. The van der Waals surface area contributed by atoms with Crippen molar-refractivity contribution < 1.29 is 28.6 Å². The van der Waals surface area contributed by atoms with Crippen LogP contribution in [0, 0.1) is 0 Å². The zero-order chi connectivity index (χ0) is 21.7. The van der Waals surface area contributed by atoms with E-state index in [0.29, 0.717) is 10.5 Å². The highest BCUT2D eigenvalue weighted by atomic mass is 79.9. The van der Waals surface area contributed by atoms with Crippen LogP contribution in [0.25, 0.3) is 0 Å². The summed E-state index contributed by atoms with van der Waals surface area (Å²) in [6, 6.07) is 7.56. The third-order valence-electron chi connectivity index (χ3n) is 3.30. The number of amides is 2. The average molecular weight is 458 g/mol. The number of nitrogens with zero attached hydrogens (tertiary/aromatic N) is 1. The van der Waals surface area contributed by atoms with Crippen molar-refractivity contribution in [1.82, 2.24) is 4.90 Å². The van der Waals surface area contributed by atoms with Gasteiger partial charge in [-0.3, -0.25) is 0 Å². The van der Waals surface area contributed by atoms with Gasteiger partial charge < -0.3 is 14.2 Å². The molecule has 1 unspecified atom stereocenters. The maximum atomic E-state index is 12.9. The van der Waals surface area contributed by atoms with Gasteiger partial charge in [0.25, 0.3) is 0 Å². The minimum Gasteiger partial charge on any atom is -0.467 e. The summed E-state index contributed by atoms with van der Waals surface area (Å²) in [7, 11) is 1.18. The Kier molecular flexibility index (Phi) is 8.05. The summed E-state index contributed by atoms with van der Waals surface area (Å²) in [6.45, 7) is 9.97. The molecule has 0 aromatic heterocycles. The van der Waals surface area contributed by atoms with E-state index in [-0.39, 0.29) is 0 Å². The van der Waals surface area contributed by atoms with E-state index < -0.39 is 40.2 Å². The van der Waals surface area contributed by atoms with Gasteiger partial charge in [-0.2, -0.15) is 4.90 Å². The SMILES string of the molecule is COC(=O)[C@H](C(Br)c1ccccc1)N(C(=O)OC(C)(C)C)C(=O)OC(C)(C)C. The lowest BCUT2D eigenvalue weighted by Crippen LogP contribution is -2.53. The molecule has 0 saturated carbocycles. The number of hydrogen-bond acceptors (Lipinski definition) is 6. The fourth-order valence-electron chi connectivity index (χ4n) is 2.22. The summed E-state index contributed by atoms with van der Waals surface area (Å²) in [5.41, 5.74) is -1.09. The highest BCUT2D eigenvalue weighted by Gasteiger charge is 2.44. The van der Waals surface area contributed by atoms with E-state index in [2.05, 4.69) is 15.9 Å². The Morgan fingerprint density at radius 3 is 1.68 bits per heavy atom. The molecule has 0 aliphatic rings. The number of imide groups is 1. The van der Waals surface area contributed by atoms with Gasteiger partial charge in [-0.25, -0.2) is 14.4 Å². The average Bonchev–Trinajstić information content (AvgIpc) is 2.55. The fraction of sp³-hybridized carbons (Fsp3) is 0.550. The standard InChI is InChI=1S/C20H28BrNO6/c1-19(2,3)27-17(24)22(18(25)28-20(4,5)6)15(16(23)26-7)14(21)13-11-9-8-10-12-13/h8-12,14-15H,1-7H3/t14?,15-/m0/s1. The van der Waals surface area contributed by atoms with Crippen molar-refractivity contribution in [2.45, 2.75) is 63.6 Å². The van der Waals surface area contributed by atoms with E-state index in [1.54, 1.807) is 65.8 Å². The van der Waals surface area contributed by atoms with E-state index in [4.69, 9.17) is 14.2 Å². The number of rotatable bonds is 4. The molecule has 0 N–H and O–H groups in total. The van der Waals surface area contributed by atoms with Crippen LogP contribution in [-0.2, 0) is 19.0 Å². The van der Waals surface area contributed by atoms with E-state index in [1.807, 2.05) is 6.07 Å². The Morgan fingerprint density at radius 1 is 0.893 bits per heavy atom. The van der Waals surface area contributed by atoms with Gasteiger partial charge in [0.2, 0.25) is 0 Å². The Morgan fingerprint density at radius 2 is 1.32 bits per heavy atom. The first kappa shape index (κ1) is 23.9. The molecule has 0 heterocycles. The molecule has 1 aromatic carbocycles. The predicted octanol–water partition coefficient (Wildman–Crippen LogP) is 4.84. The Hall–Kier alpha value is -2.09. The van der Waals surface area contributed by atoms with Crippen molar-refractivity contribution in [3.8, 4) is 0 Å². The summed E-state index contributed by atoms with van der Waals surface area (Å²) in [4.78, 5) is 38.2. The summed E-state index contributed by atoms with van der Waals surface area (Å²) in [6.07, 6.45) is -2.00. The summed E-state index contributed by atoms with van der Waals surface area (Å²) in [5, 5.41) is 0. The number of methoxy groups -OCH3 is 1. The van der Waals surface area contributed by atoms with Crippen molar-refractivity contribution in [2.75, 3.05) is 7.11 Å². The minimum atomic E-state index is -1.34. The van der Waals surface area contributed by atoms with Crippen molar-refractivity contribution in [3.05, 3.63) is 35.9 Å². The van der Waals surface area contributed by atoms with Crippen LogP contribution >= 0.6 is 15.9 Å². The van der Waals surface area contributed by atoms with Gasteiger partial charge in [-0.1, -0.05) is 46.3 Å². The van der Waals surface area contributed by atoms with Crippen LogP contribution in [-0.4, -0.2) is 47.4 Å². The molecular formula is C20H28BrNO6. The number of alkyl halides is 1. The van der Waals surface area contributed by atoms with Crippen LogP contribution in [0.2, 0.25) is 0 Å². The Labute approximate surface area is 174 Å². The van der Waals surface area contributed by atoms with Crippen molar-refractivity contribution >= 4 is 34.1 Å². The second kappa shape index (κ2) is 9.41. The van der Waals surface area contributed by atoms with Gasteiger partial charge in [0.15, 0.2) is 6.04 Å². The molecule has 2 atom stereocenters. The van der Waals surface area contributed by atoms with Crippen LogP contribution in [0.5, 0.6) is 0 Å². The highest BCUT2D eigenvalue weighted by molar-refractivity contribution is 9.09. The molecular weight excluding hydrogens is 430 g/mol. The summed E-state index contributed by atoms with van der Waals surface area (Å²) < 4.78 is 15.6. The predicted molar refractivity (Wildman–Crippen MR) is 108 cm³/mol. The quantitative estimate of drug-likeness (QED) is 0.365. The highest BCUT2D eigenvalue weighted by Crippen LogP contribution is 2.32. The number of esters is 1. The third kappa shape index (κ3) is 7.14. The summed E-state index contributed by atoms with van der Waals surface area (Å²) >= 11 is 3.43. The largest absolute Gasteiger partial charge is 0.467 e. The Bertz CT molecular complexity index is 665. The van der Waals surface area contributed by atoms with E-state index in [1.165, 1.54) is 7.11 Å². The molecule has 1 aromatic rings. The van der Waals surface area contributed by atoms with E-state index in [9.17, 15) is 14.4 Å². The monoisotopic (exact) mass is 457 g/mol. The first-order valence-corrected chi connectivity index (χ1v) is 9.70. The second-order valence-electron chi connectivity index (χ2n) is 8.11. The normalized spacial score (nSPS) is 13.9. The number of ether oxygens (including phenoxy) is 3. The number of carbonyl (C=O) groups excluding carboxylic acids is 3. The van der Waals surface area contributed by atoms with Crippen molar-refractivity contribution in [3.63, 3.8) is 0 Å². The number of hydrogen-bond donors (Lipinski definition) is 0. The summed E-state index contributed by atoms with van der Waals surface area (Å²) in [5.74, 6) is -0.789. The minimum absolute atomic E-state index is 0.661. The van der Waals surface area contributed by atoms with E-state index in [0.717, 1.165) is 0 Å². The van der Waals surface area contributed by atoms with Gasteiger partial charge in [-0.15, -0.1) is 0 Å². The molecule has 7 nitrogen and oxygen atoms in total. The van der Waals surface area contributed by atoms with Gasteiger partial charge >= 0.3 is 18.2 Å². The van der Waals surface area contributed by atoms with Crippen LogP contribution in [0.4, 0.5) is 9.59 Å². The number of carbonyl (C=O) groups is 3. The van der Waals surface area contributed by atoms with E-state index >= 15 is 0 Å². The molecule has 0 aliphatic heterocycles. The van der Waals surface area contributed by atoms with Crippen LogP contribution < -0.4 is 0 Å². The molecule has 0 radical (unpaired) electrons. The topological polar surface area (TPSA) is 82.1 Å². The van der Waals surface area contributed by atoms with Gasteiger partial charge in [0, 0.05) is 0 Å². The van der Waals surface area contributed by atoms with Crippen LogP contribution in [0.1, 0.15) is 51.9 Å². The molecule has 0 fully saturated rings. The lowest BCUT2D eigenvalue weighted by Gasteiger charge is -2.34. The lowest BCUT2D eigenvalue weighted by atomic mass is 10.0. The molecule has 2 amide bonds. The molecule has 0 spiro atoms. The fourth-order valence-corrected chi connectivity index (χ4v) is 2.98. The zero-order valence-corrected chi connectivity index (χ0v) is 18.9. The zero-order valence-electron chi connectivity index (χ0n) is 17.3. The van der Waals surface area contributed by atoms with Gasteiger partial charge in [0.05, 0.1) is 11.9 Å². The van der Waals surface area contributed by atoms with Crippen molar-refractivity contribution in [2.24, 2.45) is 0 Å². The van der Waals surface area contributed by atoms with Gasteiger partial charge in [-0.05, 0) is 47.1 Å². The maximum Gasteiger partial charge on any atom is 0.420 e. The third-order valence-corrected chi connectivity index (χ3v) is 4.33. The molecule has 8 heteroatoms. The smallest absolute Gasteiger partial charge is 0.420 e. The molecule has 0 saturated heterocycles. The van der Waals surface area contributed by atoms with Crippen LogP contribution in [0.15, 0.2) is 30.3 Å². The first-order valence-electron chi connectivity index (χ1n) is 8.79. The molecule has 156 valence electrons. The van der Waals surface area contributed by atoms with Crippen molar-refractivity contribution in [1.29, 1.82) is 0 Å². The number of benzene rings is 1. The number of halogens is 1. The van der Waals surface area contributed by atoms with Gasteiger partial charge in [0.1, 0.15) is 11.2 Å². The molecule has 0 aliphatic carbocycles.